The van der Waals surface area contributed by atoms with Gasteiger partial charge >= 0.3 is 6.18 Å². The van der Waals surface area contributed by atoms with Gasteiger partial charge in [-0.1, -0.05) is 12.1 Å². The number of fused-ring (bicyclic) bond motifs is 1. The zero-order valence-corrected chi connectivity index (χ0v) is 13.2. The molecule has 1 atom stereocenters. The van der Waals surface area contributed by atoms with Gasteiger partial charge in [0, 0.05) is 10.6 Å². The Morgan fingerprint density at radius 3 is 2.67 bits per heavy atom. The summed E-state index contributed by atoms with van der Waals surface area (Å²) >= 11 is 1.53. The molecule has 2 aromatic carbocycles. The van der Waals surface area contributed by atoms with E-state index in [-0.39, 0.29) is 0 Å². The highest BCUT2D eigenvalue weighted by Gasteiger charge is 2.35. The highest BCUT2D eigenvalue weighted by molar-refractivity contribution is 7.99. The zero-order chi connectivity index (χ0) is 17.3. The maximum Gasteiger partial charge on any atom is 0.417 e. The third-order valence-corrected chi connectivity index (χ3v) is 4.92. The molecule has 3 rings (SSSR count). The molecule has 0 radical (unpaired) electrons. The molecule has 0 bridgehead atoms. The average Bonchev–Trinajstić information content (AvgIpc) is 2.54. The second-order valence-corrected chi connectivity index (χ2v) is 6.53. The fourth-order valence-electron chi connectivity index (χ4n) is 2.68. The van der Waals surface area contributed by atoms with Crippen LogP contribution in [-0.2, 0) is 6.18 Å². The topological polar surface area (TPSA) is 29.1 Å². The van der Waals surface area contributed by atoms with Gasteiger partial charge in [-0.15, -0.1) is 11.8 Å². The lowest BCUT2D eigenvalue weighted by atomic mass is 10.0. The number of amides is 1. The molecule has 1 unspecified atom stereocenters. The summed E-state index contributed by atoms with van der Waals surface area (Å²) in [4.78, 5) is 13.2. The molecule has 1 aliphatic rings. The van der Waals surface area contributed by atoms with Crippen molar-refractivity contribution in [2.24, 2.45) is 0 Å². The largest absolute Gasteiger partial charge is 0.417 e. The number of carbonyl (C=O) groups is 1. The Labute approximate surface area is 140 Å². The van der Waals surface area contributed by atoms with Crippen LogP contribution in [0.2, 0.25) is 0 Å². The normalized spacial score (nSPS) is 17.2. The Balaban J connectivity index is 1.89. The number of nitrogens with one attached hydrogen (secondary N) is 1. The second kappa shape index (κ2) is 6.47. The lowest BCUT2D eigenvalue weighted by Crippen LogP contribution is -2.32. The fraction of sp³-hybridized carbons (Fsp3) is 0.235. The van der Waals surface area contributed by atoms with E-state index in [1.165, 1.54) is 36.0 Å². The van der Waals surface area contributed by atoms with E-state index in [2.05, 4.69) is 5.32 Å². The summed E-state index contributed by atoms with van der Waals surface area (Å²) in [5, 5.41) is 2.61. The van der Waals surface area contributed by atoms with Crippen molar-refractivity contribution in [3.05, 3.63) is 65.0 Å². The monoisotopic (exact) mass is 355 g/mol. The number of alkyl halides is 3. The fourth-order valence-corrected chi connectivity index (χ4v) is 3.79. The van der Waals surface area contributed by atoms with Gasteiger partial charge in [-0.05, 0) is 42.3 Å². The summed E-state index contributed by atoms with van der Waals surface area (Å²) in [5.74, 6) is -0.550. The van der Waals surface area contributed by atoms with E-state index in [1.807, 2.05) is 0 Å². The van der Waals surface area contributed by atoms with Crippen LogP contribution in [0.4, 0.5) is 17.6 Å². The first-order valence-electron chi connectivity index (χ1n) is 7.25. The molecular weight excluding hydrogens is 342 g/mol. The van der Waals surface area contributed by atoms with Crippen molar-refractivity contribution < 1.29 is 22.4 Å². The van der Waals surface area contributed by atoms with Crippen LogP contribution in [0.1, 0.15) is 33.9 Å². The minimum absolute atomic E-state index is 0.429. The quantitative estimate of drug-likeness (QED) is 0.783. The maximum atomic E-state index is 13.5. The van der Waals surface area contributed by atoms with Crippen molar-refractivity contribution in [2.75, 3.05) is 5.75 Å². The first-order valence-corrected chi connectivity index (χ1v) is 8.24. The highest BCUT2D eigenvalue weighted by atomic mass is 32.2. The van der Waals surface area contributed by atoms with Gasteiger partial charge in [0.2, 0.25) is 0 Å². The number of thioether (sulfide) groups is 1. The third-order valence-electron chi connectivity index (χ3n) is 3.79. The smallest absolute Gasteiger partial charge is 0.345 e. The minimum atomic E-state index is -4.61. The van der Waals surface area contributed by atoms with Crippen molar-refractivity contribution in [3.63, 3.8) is 0 Å². The summed E-state index contributed by atoms with van der Waals surface area (Å²) in [6.45, 7) is 0. The van der Waals surface area contributed by atoms with E-state index in [0.717, 1.165) is 17.0 Å². The molecule has 1 aliphatic heterocycles. The number of benzene rings is 2. The lowest BCUT2D eigenvalue weighted by molar-refractivity contribution is -0.137. The number of carbonyl (C=O) groups excluding carboxylic acids is 1. The molecule has 1 N–H and O–H groups in total. The Hall–Kier alpha value is -2.02. The van der Waals surface area contributed by atoms with Crippen LogP contribution in [0.15, 0.2) is 47.4 Å². The van der Waals surface area contributed by atoms with Crippen molar-refractivity contribution in [2.45, 2.75) is 23.5 Å². The van der Waals surface area contributed by atoms with Gasteiger partial charge in [0.15, 0.2) is 0 Å². The van der Waals surface area contributed by atoms with Crippen LogP contribution in [-0.4, -0.2) is 11.7 Å². The predicted molar refractivity (Wildman–Crippen MR) is 83.4 cm³/mol. The summed E-state index contributed by atoms with van der Waals surface area (Å²) in [5.41, 5.74) is -0.808. The Morgan fingerprint density at radius 1 is 1.17 bits per heavy atom. The van der Waals surface area contributed by atoms with E-state index < -0.39 is 35.1 Å². The van der Waals surface area contributed by atoms with Gasteiger partial charge in [-0.2, -0.15) is 13.2 Å². The lowest BCUT2D eigenvalue weighted by Gasteiger charge is -2.26. The average molecular weight is 355 g/mol. The van der Waals surface area contributed by atoms with Crippen LogP contribution in [0, 0.1) is 5.82 Å². The molecule has 0 saturated heterocycles. The summed E-state index contributed by atoms with van der Waals surface area (Å²) in [6.07, 6.45) is -4.08. The molecule has 2 aromatic rings. The van der Waals surface area contributed by atoms with Gasteiger partial charge in [0.25, 0.3) is 5.91 Å². The summed E-state index contributed by atoms with van der Waals surface area (Å²) in [6, 6.07) is 8.40. The molecule has 0 aromatic heterocycles. The predicted octanol–water partition coefficient (Wildman–Crippen LogP) is 4.81. The van der Waals surface area contributed by atoms with Crippen molar-refractivity contribution in [1.29, 1.82) is 0 Å². The molecule has 126 valence electrons. The van der Waals surface area contributed by atoms with Gasteiger partial charge in [-0.3, -0.25) is 4.79 Å². The Morgan fingerprint density at radius 2 is 1.92 bits per heavy atom. The van der Waals surface area contributed by atoms with Crippen molar-refractivity contribution >= 4 is 17.7 Å². The molecule has 0 spiro atoms. The molecule has 0 aliphatic carbocycles. The number of hydrogen-bond acceptors (Lipinski definition) is 2. The Kier molecular flexibility index (Phi) is 4.54. The molecule has 24 heavy (non-hydrogen) atoms. The van der Waals surface area contributed by atoms with Crippen LogP contribution in [0.5, 0.6) is 0 Å². The number of rotatable bonds is 2. The van der Waals surface area contributed by atoms with Gasteiger partial charge < -0.3 is 5.32 Å². The van der Waals surface area contributed by atoms with Crippen LogP contribution in [0.3, 0.4) is 0 Å². The first kappa shape index (κ1) is 16.8. The molecule has 0 saturated carbocycles. The summed E-state index contributed by atoms with van der Waals surface area (Å²) in [7, 11) is 0. The third kappa shape index (κ3) is 3.40. The maximum absolute atomic E-state index is 13.5. The van der Waals surface area contributed by atoms with Crippen molar-refractivity contribution in [3.8, 4) is 0 Å². The molecular formula is C17H13F4NOS. The van der Waals surface area contributed by atoms with Crippen LogP contribution < -0.4 is 5.32 Å². The SMILES string of the molecule is O=C(NC1CCSc2ccc(F)cc21)c1ccccc1C(F)(F)F. The van der Waals surface area contributed by atoms with Gasteiger partial charge in [0.1, 0.15) is 5.82 Å². The van der Waals surface area contributed by atoms with E-state index in [9.17, 15) is 22.4 Å². The molecule has 2 nitrogen and oxygen atoms in total. The first-order chi connectivity index (χ1) is 11.4. The number of halogens is 4. The molecule has 0 fully saturated rings. The molecule has 1 amide bonds. The van der Waals surface area contributed by atoms with E-state index in [4.69, 9.17) is 0 Å². The van der Waals surface area contributed by atoms with Crippen molar-refractivity contribution in [1.82, 2.24) is 5.32 Å². The van der Waals surface area contributed by atoms with Crippen LogP contribution >= 0.6 is 11.8 Å². The Bertz CT molecular complexity index is 775. The van der Waals surface area contributed by atoms with Gasteiger partial charge in [-0.25, -0.2) is 4.39 Å². The highest BCUT2D eigenvalue weighted by Crippen LogP contribution is 2.37. The van der Waals surface area contributed by atoms with Crippen LogP contribution in [0.25, 0.3) is 0 Å². The minimum Gasteiger partial charge on any atom is -0.345 e. The van der Waals surface area contributed by atoms with E-state index in [1.54, 1.807) is 6.07 Å². The summed E-state index contributed by atoms with van der Waals surface area (Å²) < 4.78 is 52.6. The second-order valence-electron chi connectivity index (χ2n) is 5.39. The van der Waals surface area contributed by atoms with Gasteiger partial charge in [0.05, 0.1) is 17.2 Å². The van der Waals surface area contributed by atoms with E-state index in [0.29, 0.717) is 17.7 Å². The standard InChI is InChI=1S/C17H13F4NOS/c18-10-5-6-15-12(9-10)14(7-8-24-15)22-16(23)11-3-1-2-4-13(11)17(19,20)21/h1-6,9,14H,7-8H2,(H,22,23). The number of hydrogen-bond donors (Lipinski definition) is 1. The molecule has 1 heterocycles. The van der Waals surface area contributed by atoms with E-state index >= 15 is 0 Å². The molecule has 7 heteroatoms. The zero-order valence-electron chi connectivity index (χ0n) is 12.4.